The highest BCUT2D eigenvalue weighted by molar-refractivity contribution is 5.79. The molecular weight excluding hydrogens is 302 g/mol. The van der Waals surface area contributed by atoms with Crippen LogP contribution in [0.5, 0.6) is 0 Å². The number of amides is 1. The number of hydrogen-bond donors (Lipinski definition) is 0. The molecule has 1 aliphatic rings. The molecule has 0 bridgehead atoms. The van der Waals surface area contributed by atoms with E-state index in [0.29, 0.717) is 59.2 Å². The smallest absolute Gasteiger partial charge is 0.308 e. The third-order valence-electron chi connectivity index (χ3n) is 3.80. The van der Waals surface area contributed by atoms with Crippen molar-refractivity contribution in [1.82, 2.24) is 4.90 Å². The number of ether oxygens (including phenoxy) is 4. The van der Waals surface area contributed by atoms with Gasteiger partial charge in [0.05, 0.1) is 52.7 Å². The number of methoxy groups -OCH3 is 1. The number of rotatable bonds is 4. The third kappa shape index (κ3) is 7.76. The van der Waals surface area contributed by atoms with Crippen LogP contribution >= 0.6 is 0 Å². The Labute approximate surface area is 138 Å². The van der Waals surface area contributed by atoms with Crippen LogP contribution in [0.4, 0.5) is 0 Å². The van der Waals surface area contributed by atoms with E-state index in [-0.39, 0.29) is 23.7 Å². The molecule has 1 heterocycles. The van der Waals surface area contributed by atoms with Gasteiger partial charge < -0.3 is 23.8 Å². The van der Waals surface area contributed by atoms with Gasteiger partial charge in [0.2, 0.25) is 5.91 Å². The molecule has 1 aliphatic heterocycles. The van der Waals surface area contributed by atoms with Crippen molar-refractivity contribution < 1.29 is 28.5 Å². The zero-order valence-corrected chi connectivity index (χ0v) is 14.4. The van der Waals surface area contributed by atoms with Gasteiger partial charge in [0.1, 0.15) is 0 Å². The van der Waals surface area contributed by atoms with Crippen molar-refractivity contribution >= 4 is 11.9 Å². The van der Waals surface area contributed by atoms with Gasteiger partial charge in [-0.2, -0.15) is 0 Å². The number of carbonyl (C=O) groups is 2. The van der Waals surface area contributed by atoms with Crippen molar-refractivity contribution in [2.45, 2.75) is 20.3 Å². The van der Waals surface area contributed by atoms with E-state index in [1.807, 2.05) is 6.92 Å². The molecule has 0 radical (unpaired) electrons. The van der Waals surface area contributed by atoms with Gasteiger partial charge >= 0.3 is 5.97 Å². The molecule has 1 amide bonds. The fourth-order valence-electron chi connectivity index (χ4n) is 2.46. The average molecular weight is 331 g/mol. The Bertz CT molecular complexity index is 350. The van der Waals surface area contributed by atoms with E-state index >= 15 is 0 Å². The van der Waals surface area contributed by atoms with E-state index in [1.54, 1.807) is 11.8 Å². The van der Waals surface area contributed by atoms with Gasteiger partial charge in [-0.1, -0.05) is 13.8 Å². The second kappa shape index (κ2) is 11.4. The fourth-order valence-corrected chi connectivity index (χ4v) is 2.46. The lowest BCUT2D eigenvalue weighted by Crippen LogP contribution is -2.41. The molecule has 1 fully saturated rings. The minimum atomic E-state index is -0.295. The first-order valence-corrected chi connectivity index (χ1v) is 8.16. The lowest BCUT2D eigenvalue weighted by atomic mass is 9.96. The maximum atomic E-state index is 12.6. The fraction of sp³-hybridized carbons (Fsp3) is 0.875. The van der Waals surface area contributed by atoms with Gasteiger partial charge in [-0.25, -0.2) is 0 Å². The molecular formula is C16H29NO6. The number of esters is 1. The highest BCUT2D eigenvalue weighted by atomic mass is 16.5. The van der Waals surface area contributed by atoms with Crippen molar-refractivity contribution in [2.24, 2.45) is 11.8 Å². The lowest BCUT2D eigenvalue weighted by molar-refractivity contribution is -0.146. The Kier molecular flexibility index (Phi) is 9.82. The van der Waals surface area contributed by atoms with E-state index in [2.05, 4.69) is 0 Å². The van der Waals surface area contributed by atoms with Crippen LogP contribution in [0.3, 0.4) is 0 Å². The van der Waals surface area contributed by atoms with Crippen molar-refractivity contribution in [3.63, 3.8) is 0 Å². The van der Waals surface area contributed by atoms with Crippen LogP contribution in [0.2, 0.25) is 0 Å². The molecule has 0 aromatic carbocycles. The Balaban J connectivity index is 2.52. The summed E-state index contributed by atoms with van der Waals surface area (Å²) in [6.07, 6.45) is 0.470. The van der Waals surface area contributed by atoms with Gasteiger partial charge in [-0.15, -0.1) is 0 Å². The highest BCUT2D eigenvalue weighted by Gasteiger charge is 2.25. The molecule has 7 nitrogen and oxygen atoms in total. The minimum Gasteiger partial charge on any atom is -0.469 e. The molecule has 23 heavy (non-hydrogen) atoms. The maximum absolute atomic E-state index is 12.6. The molecule has 0 aromatic rings. The summed E-state index contributed by atoms with van der Waals surface area (Å²) in [5, 5.41) is 0. The van der Waals surface area contributed by atoms with Crippen LogP contribution in [0.15, 0.2) is 0 Å². The van der Waals surface area contributed by atoms with Crippen molar-refractivity contribution in [1.29, 1.82) is 0 Å². The van der Waals surface area contributed by atoms with Crippen molar-refractivity contribution in [3.05, 3.63) is 0 Å². The van der Waals surface area contributed by atoms with Gasteiger partial charge in [-0.3, -0.25) is 9.59 Å². The zero-order chi connectivity index (χ0) is 17.1. The summed E-state index contributed by atoms with van der Waals surface area (Å²) in [5.41, 5.74) is 0. The first kappa shape index (κ1) is 19.9. The van der Waals surface area contributed by atoms with E-state index in [1.165, 1.54) is 7.11 Å². The molecule has 7 heteroatoms. The quantitative estimate of drug-likeness (QED) is 0.707. The Morgan fingerprint density at radius 2 is 1.39 bits per heavy atom. The van der Waals surface area contributed by atoms with Gasteiger partial charge in [0.15, 0.2) is 0 Å². The van der Waals surface area contributed by atoms with Crippen LogP contribution in [0.25, 0.3) is 0 Å². The number of nitrogens with zero attached hydrogens (tertiary/aromatic N) is 1. The van der Waals surface area contributed by atoms with Crippen LogP contribution in [-0.2, 0) is 28.5 Å². The van der Waals surface area contributed by atoms with E-state index in [9.17, 15) is 9.59 Å². The standard InChI is InChI=1S/C16H29NO6/c1-13(12-14(2)16(19)20-3)15(18)17-4-6-21-8-10-23-11-9-22-7-5-17/h13-14H,4-12H2,1-3H3/t13-,14+/m0/s1. The number of hydrogen-bond acceptors (Lipinski definition) is 6. The van der Waals surface area contributed by atoms with Crippen LogP contribution < -0.4 is 0 Å². The summed E-state index contributed by atoms with van der Waals surface area (Å²) >= 11 is 0. The summed E-state index contributed by atoms with van der Waals surface area (Å²) in [6.45, 7) is 7.66. The molecule has 0 aromatic heterocycles. The Morgan fingerprint density at radius 1 is 0.913 bits per heavy atom. The Hall–Kier alpha value is -1.18. The molecule has 0 aliphatic carbocycles. The first-order valence-electron chi connectivity index (χ1n) is 8.16. The molecule has 0 spiro atoms. The summed E-state index contributed by atoms with van der Waals surface area (Å²) in [7, 11) is 1.36. The topological polar surface area (TPSA) is 74.3 Å². The summed E-state index contributed by atoms with van der Waals surface area (Å²) in [6, 6.07) is 0. The lowest BCUT2D eigenvalue weighted by Gasteiger charge is -2.27. The minimum absolute atomic E-state index is 0.0151. The predicted octanol–water partition coefficient (Wildman–Crippen LogP) is 0.714. The molecule has 0 saturated carbocycles. The molecule has 134 valence electrons. The van der Waals surface area contributed by atoms with Gasteiger partial charge in [-0.05, 0) is 6.42 Å². The first-order chi connectivity index (χ1) is 11.1. The zero-order valence-electron chi connectivity index (χ0n) is 14.4. The van der Waals surface area contributed by atoms with Crippen LogP contribution in [0, 0.1) is 11.8 Å². The third-order valence-corrected chi connectivity index (χ3v) is 3.80. The van der Waals surface area contributed by atoms with Crippen LogP contribution in [0.1, 0.15) is 20.3 Å². The molecule has 1 rings (SSSR count). The van der Waals surface area contributed by atoms with Gasteiger partial charge in [0.25, 0.3) is 0 Å². The van der Waals surface area contributed by atoms with Gasteiger partial charge in [0, 0.05) is 19.0 Å². The van der Waals surface area contributed by atoms with Crippen molar-refractivity contribution in [3.8, 4) is 0 Å². The summed E-state index contributed by atoms with van der Waals surface area (Å²) in [5.74, 6) is -0.817. The summed E-state index contributed by atoms with van der Waals surface area (Å²) in [4.78, 5) is 25.8. The van der Waals surface area contributed by atoms with E-state index < -0.39 is 0 Å². The largest absolute Gasteiger partial charge is 0.469 e. The normalized spacial score (nSPS) is 20.7. The Morgan fingerprint density at radius 3 is 1.87 bits per heavy atom. The highest BCUT2D eigenvalue weighted by Crippen LogP contribution is 2.16. The molecule has 0 unspecified atom stereocenters. The van der Waals surface area contributed by atoms with E-state index in [0.717, 1.165) is 0 Å². The monoisotopic (exact) mass is 331 g/mol. The summed E-state index contributed by atoms with van der Waals surface area (Å²) < 4.78 is 21.0. The maximum Gasteiger partial charge on any atom is 0.308 e. The van der Waals surface area contributed by atoms with Crippen molar-refractivity contribution in [2.75, 3.05) is 59.8 Å². The molecule has 1 saturated heterocycles. The van der Waals surface area contributed by atoms with Crippen LogP contribution in [-0.4, -0.2) is 76.6 Å². The SMILES string of the molecule is COC(=O)[C@H](C)C[C@H](C)C(=O)N1CCOCCOCCOCC1. The second-order valence-electron chi connectivity index (χ2n) is 5.72. The number of carbonyl (C=O) groups excluding carboxylic acids is 2. The second-order valence-corrected chi connectivity index (χ2v) is 5.72. The molecule has 0 N–H and O–H groups in total. The average Bonchev–Trinajstić information content (AvgIpc) is 2.53. The molecule has 2 atom stereocenters. The van der Waals surface area contributed by atoms with E-state index in [4.69, 9.17) is 18.9 Å². The predicted molar refractivity (Wildman–Crippen MR) is 84.0 cm³/mol.